The van der Waals surface area contributed by atoms with Crippen molar-refractivity contribution < 1.29 is 65.4 Å². The second kappa shape index (κ2) is 11.4. The molecule has 25 heavy (non-hydrogen) atoms. The van der Waals surface area contributed by atoms with Crippen molar-refractivity contribution >= 4 is 17.1 Å². The Bertz CT molecular complexity index is 687. The van der Waals surface area contributed by atoms with Crippen LogP contribution >= 0.6 is 0 Å². The molecule has 1 atom stereocenters. The molecule has 3 aromatic rings. The molecule has 1 unspecified atom stereocenters. The summed E-state index contributed by atoms with van der Waals surface area (Å²) in [5, 5.41) is 0. The second-order valence-corrected chi connectivity index (χ2v) is 5.75. The van der Waals surface area contributed by atoms with E-state index in [0.717, 1.165) is 23.5 Å². The maximum atomic E-state index is 3.09. The van der Waals surface area contributed by atoms with E-state index in [2.05, 4.69) is 79.4 Å². The molecule has 0 aliphatic rings. The summed E-state index contributed by atoms with van der Waals surface area (Å²) in [6.45, 7) is 4.50. The number of nitrogens with zero attached hydrogens (tertiary/aromatic N) is 1. The van der Waals surface area contributed by atoms with E-state index in [1.165, 1.54) is 5.56 Å². The maximum absolute atomic E-state index is 3.09. The first-order valence-corrected chi connectivity index (χ1v) is 8.12. The third-order valence-electron chi connectivity index (χ3n) is 4.25. The van der Waals surface area contributed by atoms with Crippen LogP contribution in [0, 0.1) is 12.1 Å². The van der Waals surface area contributed by atoms with Gasteiger partial charge in [0.2, 0.25) is 0 Å². The van der Waals surface area contributed by atoms with Crippen molar-refractivity contribution in [2.75, 3.05) is 4.90 Å². The molecule has 122 valence electrons. The van der Waals surface area contributed by atoms with Crippen LogP contribution in [0.1, 0.15) is 31.7 Å². The topological polar surface area (TPSA) is 3.24 Å². The van der Waals surface area contributed by atoms with Gasteiger partial charge in [0.25, 0.3) is 0 Å². The Morgan fingerprint density at radius 3 is 1.52 bits per heavy atom. The molecule has 0 saturated carbocycles. The zero-order chi connectivity index (χ0) is 16.1. The normalized spacial score (nSPS) is 11.0. The van der Waals surface area contributed by atoms with E-state index in [9.17, 15) is 0 Å². The summed E-state index contributed by atoms with van der Waals surface area (Å²) in [4.78, 5) is 2.25. The van der Waals surface area contributed by atoms with Gasteiger partial charge in [-0.05, 0) is 30.0 Å². The van der Waals surface area contributed by atoms with E-state index in [0.29, 0.717) is 5.92 Å². The van der Waals surface area contributed by atoms with Gasteiger partial charge in [-0.1, -0.05) is 37.4 Å². The van der Waals surface area contributed by atoms with Crippen LogP contribution in [0.2, 0.25) is 0 Å². The van der Waals surface area contributed by atoms with E-state index in [1.54, 1.807) is 0 Å². The van der Waals surface area contributed by atoms with E-state index in [1.807, 2.05) is 24.3 Å². The minimum Gasteiger partial charge on any atom is -0.358 e. The first kappa shape index (κ1) is 22.7. The Morgan fingerprint density at radius 1 is 0.720 bits per heavy atom. The largest absolute Gasteiger partial charge is 0.358 e. The van der Waals surface area contributed by atoms with Crippen molar-refractivity contribution in [3.63, 3.8) is 0 Å². The monoisotopic (exact) mass is 477 g/mol. The van der Waals surface area contributed by atoms with Crippen LogP contribution < -0.4 is 4.90 Å². The standard InChI is InChI=1S/C22H21N.2Y/c1-3-18(2)19-14-16-22(17-15-19)23(20-10-6-4-7-11-20)21-12-8-5-9-13-21;;/h6-18H,3H2,1-2H3;;/q-2;;. The molecular weight excluding hydrogens is 456 g/mol. The zero-order valence-corrected chi connectivity index (χ0v) is 20.5. The minimum absolute atomic E-state index is 0. The molecule has 1 nitrogen and oxygen atoms in total. The van der Waals surface area contributed by atoms with Crippen LogP contribution in [0.4, 0.5) is 17.1 Å². The van der Waals surface area contributed by atoms with Gasteiger partial charge in [-0.3, -0.25) is 0 Å². The predicted molar refractivity (Wildman–Crippen MR) is 97.5 cm³/mol. The van der Waals surface area contributed by atoms with Crippen LogP contribution in [0.3, 0.4) is 0 Å². The molecule has 0 aliphatic carbocycles. The van der Waals surface area contributed by atoms with E-state index in [4.69, 9.17) is 0 Å². The third kappa shape index (κ3) is 5.83. The van der Waals surface area contributed by atoms with Gasteiger partial charge in [-0.15, -0.1) is 24.3 Å². The Kier molecular flexibility index (Phi) is 10.4. The molecular formula is C22H21NY2-2. The Morgan fingerprint density at radius 2 is 1.12 bits per heavy atom. The van der Waals surface area contributed by atoms with Gasteiger partial charge >= 0.3 is 0 Å². The van der Waals surface area contributed by atoms with Crippen molar-refractivity contribution in [1.82, 2.24) is 0 Å². The van der Waals surface area contributed by atoms with E-state index >= 15 is 0 Å². The number of hydrogen-bond donors (Lipinski definition) is 0. The van der Waals surface area contributed by atoms with Gasteiger partial charge < -0.3 is 4.90 Å². The Balaban J connectivity index is 0.00000156. The smallest absolute Gasteiger partial charge is 0.0419 e. The van der Waals surface area contributed by atoms with E-state index in [-0.39, 0.29) is 65.4 Å². The van der Waals surface area contributed by atoms with Crippen molar-refractivity contribution in [1.29, 1.82) is 0 Å². The SMILES string of the molecule is CCC(C)c1ccc(N(c2cc[c-]cc2)c2cc[c-]cc2)cc1.[Y].[Y]. The molecule has 0 fully saturated rings. The van der Waals surface area contributed by atoms with Gasteiger partial charge in [0.15, 0.2) is 0 Å². The summed E-state index contributed by atoms with van der Waals surface area (Å²) in [6, 6.07) is 31.2. The van der Waals surface area contributed by atoms with Gasteiger partial charge in [0.1, 0.15) is 0 Å². The zero-order valence-electron chi connectivity index (χ0n) is 14.8. The molecule has 0 saturated heterocycles. The van der Waals surface area contributed by atoms with Crippen molar-refractivity contribution in [3.05, 3.63) is 90.5 Å². The van der Waals surface area contributed by atoms with Crippen LogP contribution in [0.15, 0.2) is 72.8 Å². The molecule has 3 heteroatoms. The number of hydrogen-bond acceptors (Lipinski definition) is 1. The maximum Gasteiger partial charge on any atom is 0.0419 e. The number of benzene rings is 3. The molecule has 0 spiro atoms. The van der Waals surface area contributed by atoms with E-state index < -0.39 is 0 Å². The summed E-state index contributed by atoms with van der Waals surface area (Å²) in [6.07, 6.45) is 1.16. The Hall–Kier alpha value is -0.332. The van der Waals surface area contributed by atoms with Gasteiger partial charge in [-0.25, -0.2) is 0 Å². The molecule has 0 heterocycles. The first-order chi connectivity index (χ1) is 11.3. The first-order valence-electron chi connectivity index (χ1n) is 8.12. The molecule has 0 bridgehead atoms. The van der Waals surface area contributed by atoms with Crippen LogP contribution in [0.25, 0.3) is 0 Å². The predicted octanol–water partition coefficient (Wildman–Crippen LogP) is 6.27. The van der Waals surface area contributed by atoms with Gasteiger partial charge in [0, 0.05) is 71.1 Å². The average molecular weight is 477 g/mol. The molecule has 0 aromatic heterocycles. The molecule has 3 aromatic carbocycles. The van der Waals surface area contributed by atoms with Crippen LogP contribution in [0.5, 0.6) is 0 Å². The second-order valence-electron chi connectivity index (χ2n) is 5.75. The number of rotatable bonds is 5. The fourth-order valence-electron chi connectivity index (χ4n) is 2.69. The third-order valence-corrected chi connectivity index (χ3v) is 4.25. The summed E-state index contributed by atoms with van der Waals surface area (Å²) < 4.78 is 0. The summed E-state index contributed by atoms with van der Waals surface area (Å²) in [7, 11) is 0. The summed E-state index contributed by atoms with van der Waals surface area (Å²) in [5.41, 5.74) is 4.81. The number of anilines is 3. The minimum atomic E-state index is 0. The fraction of sp³-hybridized carbons (Fsp3) is 0.182. The molecule has 2 radical (unpaired) electrons. The van der Waals surface area contributed by atoms with Crippen molar-refractivity contribution in [3.8, 4) is 0 Å². The van der Waals surface area contributed by atoms with Gasteiger partial charge in [-0.2, -0.15) is 36.4 Å². The fourth-order valence-corrected chi connectivity index (χ4v) is 2.69. The molecule has 0 amide bonds. The average Bonchev–Trinajstić information content (AvgIpc) is 2.64. The quantitative estimate of drug-likeness (QED) is 0.392. The summed E-state index contributed by atoms with van der Waals surface area (Å²) in [5.74, 6) is 0.593. The van der Waals surface area contributed by atoms with Crippen molar-refractivity contribution in [2.24, 2.45) is 0 Å². The van der Waals surface area contributed by atoms with Crippen LogP contribution in [-0.4, -0.2) is 0 Å². The van der Waals surface area contributed by atoms with Gasteiger partial charge in [0.05, 0.1) is 0 Å². The van der Waals surface area contributed by atoms with Crippen LogP contribution in [-0.2, 0) is 65.4 Å². The summed E-state index contributed by atoms with van der Waals surface area (Å²) >= 11 is 0. The molecule has 0 N–H and O–H groups in total. The Labute approximate surface area is 202 Å². The molecule has 3 rings (SSSR count). The molecule has 0 aliphatic heterocycles. The van der Waals surface area contributed by atoms with Crippen molar-refractivity contribution in [2.45, 2.75) is 26.2 Å².